The van der Waals surface area contributed by atoms with Gasteiger partial charge in [-0.25, -0.2) is 0 Å². The van der Waals surface area contributed by atoms with Crippen LogP contribution in [-0.4, -0.2) is 12.5 Å². The molecule has 0 spiro atoms. The Labute approximate surface area is 138 Å². The number of anilines is 1. The lowest BCUT2D eigenvalue weighted by Gasteiger charge is -2.35. The molecule has 1 saturated carbocycles. The highest BCUT2D eigenvalue weighted by molar-refractivity contribution is 6.31. The molecule has 21 heavy (non-hydrogen) atoms. The van der Waals surface area contributed by atoms with Crippen LogP contribution >= 0.6 is 24.0 Å². The van der Waals surface area contributed by atoms with Crippen molar-refractivity contribution >= 4 is 35.6 Å². The van der Waals surface area contributed by atoms with Crippen LogP contribution in [0.1, 0.15) is 44.1 Å². The van der Waals surface area contributed by atoms with E-state index in [1.165, 1.54) is 19.3 Å². The van der Waals surface area contributed by atoms with E-state index >= 15 is 0 Å². The summed E-state index contributed by atoms with van der Waals surface area (Å²) in [7, 11) is 0. The molecule has 1 fully saturated rings. The van der Waals surface area contributed by atoms with Crippen LogP contribution in [0, 0.1) is 12.3 Å². The van der Waals surface area contributed by atoms with Gasteiger partial charge in [0.05, 0.1) is 0 Å². The van der Waals surface area contributed by atoms with Crippen molar-refractivity contribution in [1.82, 2.24) is 0 Å². The van der Waals surface area contributed by atoms with Gasteiger partial charge in [-0.3, -0.25) is 4.79 Å². The lowest BCUT2D eigenvalue weighted by molar-refractivity contribution is -0.118. The number of halogens is 2. The Hall–Kier alpha value is -0.770. The van der Waals surface area contributed by atoms with Crippen LogP contribution in [-0.2, 0) is 4.79 Å². The number of benzene rings is 1. The molecule has 0 heterocycles. The Kier molecular flexibility index (Phi) is 6.98. The van der Waals surface area contributed by atoms with E-state index in [0.29, 0.717) is 18.0 Å². The summed E-state index contributed by atoms with van der Waals surface area (Å²) in [5, 5.41) is 3.61. The molecule has 0 aliphatic heterocycles. The third kappa shape index (κ3) is 4.87. The second kappa shape index (κ2) is 8.02. The highest BCUT2D eigenvalue weighted by atomic mass is 35.5. The molecule has 0 unspecified atom stereocenters. The zero-order valence-corrected chi connectivity index (χ0v) is 14.0. The van der Waals surface area contributed by atoms with Gasteiger partial charge >= 0.3 is 0 Å². The van der Waals surface area contributed by atoms with Gasteiger partial charge in [0.25, 0.3) is 0 Å². The van der Waals surface area contributed by atoms with Crippen LogP contribution in [0.2, 0.25) is 5.02 Å². The molecule has 1 amide bonds. The highest BCUT2D eigenvalue weighted by Gasteiger charge is 2.33. The van der Waals surface area contributed by atoms with Gasteiger partial charge in [-0.15, -0.1) is 12.4 Å². The van der Waals surface area contributed by atoms with Crippen molar-refractivity contribution in [2.24, 2.45) is 11.1 Å². The standard InChI is InChI=1S/C16H23ClN2O.ClH/c1-12-5-6-13(17)9-14(12)19-15(20)10-16(11-18)7-3-2-4-8-16;/h5-6,9H,2-4,7-8,10-11,18H2,1H3,(H,19,20);1H. The summed E-state index contributed by atoms with van der Waals surface area (Å²) in [6, 6.07) is 5.54. The first-order valence-corrected chi connectivity index (χ1v) is 7.69. The maximum Gasteiger partial charge on any atom is 0.224 e. The van der Waals surface area contributed by atoms with E-state index in [1.807, 2.05) is 19.1 Å². The van der Waals surface area contributed by atoms with Gasteiger partial charge in [0.2, 0.25) is 5.91 Å². The van der Waals surface area contributed by atoms with Crippen LogP contribution < -0.4 is 11.1 Å². The molecule has 0 atom stereocenters. The fourth-order valence-corrected chi connectivity index (χ4v) is 3.19. The van der Waals surface area contributed by atoms with Crippen LogP contribution in [0.5, 0.6) is 0 Å². The molecule has 0 aromatic heterocycles. The monoisotopic (exact) mass is 330 g/mol. The number of carbonyl (C=O) groups is 1. The molecule has 1 aliphatic rings. The van der Waals surface area contributed by atoms with Crippen LogP contribution in [0.25, 0.3) is 0 Å². The second-order valence-electron chi connectivity index (χ2n) is 5.95. The van der Waals surface area contributed by atoms with Gasteiger partial charge in [-0.2, -0.15) is 0 Å². The Morgan fingerprint density at radius 3 is 2.62 bits per heavy atom. The smallest absolute Gasteiger partial charge is 0.224 e. The fraction of sp³-hybridized carbons (Fsp3) is 0.562. The average molecular weight is 331 g/mol. The van der Waals surface area contributed by atoms with E-state index in [9.17, 15) is 4.79 Å². The van der Waals surface area contributed by atoms with Gasteiger partial charge < -0.3 is 11.1 Å². The molecule has 5 heteroatoms. The summed E-state index contributed by atoms with van der Waals surface area (Å²) in [6.07, 6.45) is 6.25. The first-order valence-electron chi connectivity index (χ1n) is 7.31. The second-order valence-corrected chi connectivity index (χ2v) is 6.39. The topological polar surface area (TPSA) is 55.1 Å². The van der Waals surface area contributed by atoms with Gasteiger partial charge in [-0.1, -0.05) is 36.9 Å². The van der Waals surface area contributed by atoms with Gasteiger partial charge in [0.1, 0.15) is 0 Å². The number of nitrogens with one attached hydrogen (secondary N) is 1. The summed E-state index contributed by atoms with van der Waals surface area (Å²) in [5.41, 5.74) is 7.75. The predicted molar refractivity (Wildman–Crippen MR) is 91.3 cm³/mol. The van der Waals surface area contributed by atoms with E-state index in [-0.39, 0.29) is 23.7 Å². The SMILES string of the molecule is Cc1ccc(Cl)cc1NC(=O)CC1(CN)CCCCC1.Cl. The summed E-state index contributed by atoms with van der Waals surface area (Å²) in [6.45, 7) is 2.56. The van der Waals surface area contributed by atoms with Crippen molar-refractivity contribution in [2.75, 3.05) is 11.9 Å². The Morgan fingerprint density at radius 1 is 1.33 bits per heavy atom. The zero-order chi connectivity index (χ0) is 14.6. The Bertz CT molecular complexity index is 485. The molecule has 0 bridgehead atoms. The van der Waals surface area contributed by atoms with Crippen molar-refractivity contribution < 1.29 is 4.79 Å². The maximum absolute atomic E-state index is 12.3. The normalized spacial score (nSPS) is 16.9. The minimum Gasteiger partial charge on any atom is -0.330 e. The van der Waals surface area contributed by atoms with Crippen molar-refractivity contribution in [3.63, 3.8) is 0 Å². The van der Waals surface area contributed by atoms with Gasteiger partial charge in [0, 0.05) is 17.1 Å². The molecular weight excluding hydrogens is 307 g/mol. The minimum absolute atomic E-state index is 0. The summed E-state index contributed by atoms with van der Waals surface area (Å²) in [5.74, 6) is 0.0442. The Morgan fingerprint density at radius 2 is 2.00 bits per heavy atom. The van der Waals surface area contributed by atoms with E-state index in [2.05, 4.69) is 5.32 Å². The molecule has 118 valence electrons. The molecule has 3 N–H and O–H groups in total. The van der Waals surface area contributed by atoms with E-state index in [1.54, 1.807) is 6.07 Å². The molecule has 1 aromatic rings. The van der Waals surface area contributed by atoms with Crippen LogP contribution in [0.3, 0.4) is 0 Å². The first kappa shape index (κ1) is 18.3. The third-order valence-electron chi connectivity index (χ3n) is 4.36. The molecule has 3 nitrogen and oxygen atoms in total. The number of carbonyl (C=O) groups excluding carboxylic acids is 1. The number of hydrogen-bond donors (Lipinski definition) is 2. The predicted octanol–water partition coefficient (Wildman–Crippen LogP) is 4.31. The first-order chi connectivity index (χ1) is 9.54. The number of hydrogen-bond acceptors (Lipinski definition) is 2. The van der Waals surface area contributed by atoms with Crippen molar-refractivity contribution in [2.45, 2.75) is 45.4 Å². The molecule has 0 radical (unpaired) electrons. The molecule has 1 aliphatic carbocycles. The van der Waals surface area contributed by atoms with Gasteiger partial charge in [-0.05, 0) is 49.4 Å². The fourth-order valence-electron chi connectivity index (χ4n) is 3.02. The van der Waals surface area contributed by atoms with E-state index in [4.69, 9.17) is 17.3 Å². The maximum atomic E-state index is 12.3. The number of aryl methyl sites for hydroxylation is 1. The zero-order valence-electron chi connectivity index (χ0n) is 12.5. The van der Waals surface area contributed by atoms with E-state index < -0.39 is 0 Å². The van der Waals surface area contributed by atoms with Crippen molar-refractivity contribution in [3.8, 4) is 0 Å². The quantitative estimate of drug-likeness (QED) is 0.864. The van der Waals surface area contributed by atoms with Crippen LogP contribution in [0.4, 0.5) is 5.69 Å². The average Bonchev–Trinajstić information content (AvgIpc) is 2.44. The van der Waals surface area contributed by atoms with Gasteiger partial charge in [0.15, 0.2) is 0 Å². The third-order valence-corrected chi connectivity index (χ3v) is 4.59. The lowest BCUT2D eigenvalue weighted by Crippen LogP contribution is -2.36. The molecular formula is C16H24Cl2N2O. The lowest BCUT2D eigenvalue weighted by atomic mass is 9.71. The summed E-state index contributed by atoms with van der Waals surface area (Å²) >= 11 is 5.98. The molecule has 2 rings (SSSR count). The minimum atomic E-state index is -0.00515. The molecule has 0 saturated heterocycles. The molecule has 1 aromatic carbocycles. The van der Waals surface area contributed by atoms with Crippen LogP contribution in [0.15, 0.2) is 18.2 Å². The number of rotatable bonds is 4. The van der Waals surface area contributed by atoms with E-state index in [0.717, 1.165) is 24.1 Å². The number of amides is 1. The highest BCUT2D eigenvalue weighted by Crippen LogP contribution is 2.38. The number of nitrogens with two attached hydrogens (primary N) is 1. The summed E-state index contributed by atoms with van der Waals surface area (Å²) < 4.78 is 0. The summed E-state index contributed by atoms with van der Waals surface area (Å²) in [4.78, 5) is 12.3. The Balaban J connectivity index is 0.00000220. The van der Waals surface area contributed by atoms with Crippen molar-refractivity contribution in [3.05, 3.63) is 28.8 Å². The van der Waals surface area contributed by atoms with Crippen molar-refractivity contribution in [1.29, 1.82) is 0 Å². The largest absolute Gasteiger partial charge is 0.330 e.